The van der Waals surface area contributed by atoms with Crippen molar-refractivity contribution in [1.82, 2.24) is 20.9 Å². The van der Waals surface area contributed by atoms with Crippen LogP contribution in [-0.2, 0) is 14.8 Å². The van der Waals surface area contributed by atoms with Crippen molar-refractivity contribution in [3.63, 3.8) is 0 Å². The van der Waals surface area contributed by atoms with E-state index < -0.39 is 10.0 Å². The van der Waals surface area contributed by atoms with Gasteiger partial charge in [0.05, 0.1) is 4.90 Å². The smallest absolute Gasteiger partial charge is 0.240 e. The fourth-order valence-electron chi connectivity index (χ4n) is 3.28. The number of amides is 1. The molecule has 0 radical (unpaired) electrons. The number of hydrogen-bond acceptors (Lipinski definition) is 4. The summed E-state index contributed by atoms with van der Waals surface area (Å²) in [6, 6.07) is 6.83. The van der Waals surface area contributed by atoms with Crippen LogP contribution in [0, 0.1) is 18.8 Å². The first-order chi connectivity index (χ1) is 13.2. The Bertz CT molecular complexity index is 781. The number of sulfonamides is 1. The van der Waals surface area contributed by atoms with E-state index >= 15 is 0 Å². The molecule has 0 saturated heterocycles. The normalized spacial score (nSPS) is 22.3. The van der Waals surface area contributed by atoms with Gasteiger partial charge in [-0.2, -0.15) is 0 Å². The van der Waals surface area contributed by atoms with Crippen LogP contribution in [0.15, 0.2) is 29.2 Å². The number of carbonyl (C=O) groups excluding carboxylic acids is 1. The number of aryl methyl sites for hydroxylation is 1. The number of thiocarbonyl (C=S) groups is 1. The molecule has 1 aromatic rings. The van der Waals surface area contributed by atoms with Crippen LogP contribution in [0.2, 0.25) is 0 Å². The molecule has 3 atom stereocenters. The minimum atomic E-state index is -3.62. The predicted octanol–water partition coefficient (Wildman–Crippen LogP) is 1.98. The molecule has 156 valence electrons. The number of hydrazine groups is 1. The van der Waals surface area contributed by atoms with Crippen molar-refractivity contribution in [3.05, 3.63) is 29.8 Å². The van der Waals surface area contributed by atoms with Gasteiger partial charge in [-0.15, -0.1) is 0 Å². The molecule has 28 heavy (non-hydrogen) atoms. The van der Waals surface area contributed by atoms with E-state index in [0.717, 1.165) is 12.0 Å². The third-order valence-electron chi connectivity index (χ3n) is 5.31. The largest absolute Gasteiger partial charge is 0.358 e. The Morgan fingerprint density at radius 2 is 1.82 bits per heavy atom. The first-order valence-corrected chi connectivity index (χ1v) is 11.5. The lowest BCUT2D eigenvalue weighted by Crippen LogP contribution is -2.52. The summed E-state index contributed by atoms with van der Waals surface area (Å²) in [7, 11) is -3.62. The predicted molar refractivity (Wildman–Crippen MR) is 114 cm³/mol. The highest BCUT2D eigenvalue weighted by molar-refractivity contribution is 7.89. The van der Waals surface area contributed by atoms with E-state index in [1.165, 1.54) is 25.0 Å². The van der Waals surface area contributed by atoms with Crippen LogP contribution in [0.5, 0.6) is 0 Å². The van der Waals surface area contributed by atoms with Gasteiger partial charge in [0.25, 0.3) is 0 Å². The lowest BCUT2D eigenvalue weighted by atomic mass is 9.78. The molecular weight excluding hydrogens is 396 g/mol. The third-order valence-corrected chi connectivity index (χ3v) is 7.01. The summed E-state index contributed by atoms with van der Waals surface area (Å²) < 4.78 is 26.8. The molecule has 7 nitrogen and oxygen atoms in total. The van der Waals surface area contributed by atoms with Gasteiger partial charge < -0.3 is 5.32 Å². The Morgan fingerprint density at radius 3 is 2.50 bits per heavy atom. The summed E-state index contributed by atoms with van der Waals surface area (Å²) in [5, 5.41) is 3.63. The molecule has 1 aliphatic rings. The summed E-state index contributed by atoms with van der Waals surface area (Å²) in [5.41, 5.74) is 6.18. The monoisotopic (exact) mass is 426 g/mol. The Kier molecular flexibility index (Phi) is 8.21. The van der Waals surface area contributed by atoms with Crippen molar-refractivity contribution in [1.29, 1.82) is 0 Å². The molecule has 0 heterocycles. The van der Waals surface area contributed by atoms with E-state index in [1.807, 2.05) is 6.92 Å². The molecular formula is C19H30N4O3S2. The molecule has 2 rings (SSSR count). The molecule has 0 unspecified atom stereocenters. The maximum absolute atomic E-state index is 12.2. The zero-order valence-electron chi connectivity index (χ0n) is 16.6. The molecule has 1 aromatic carbocycles. The van der Waals surface area contributed by atoms with Crippen LogP contribution in [0.1, 0.15) is 45.1 Å². The Balaban J connectivity index is 1.69. The standard InChI is InChI=1S/C19H30N4O3S2/c1-13-7-9-16(10-8-13)28(25,26)20-12-11-18(24)22-23-19(27)21-17-6-4-5-14(2)15(17)3/h7-10,14-15,17,20H,4-6,11-12H2,1-3H3,(H,22,24)(H2,21,23,27)/t14-,15-,17+/m0/s1. The second-order valence-corrected chi connectivity index (χ2v) is 9.66. The lowest BCUT2D eigenvalue weighted by molar-refractivity contribution is -0.121. The van der Waals surface area contributed by atoms with Crippen molar-refractivity contribution in [2.75, 3.05) is 6.54 Å². The van der Waals surface area contributed by atoms with Gasteiger partial charge in [-0.1, -0.05) is 44.4 Å². The van der Waals surface area contributed by atoms with E-state index in [1.54, 1.807) is 12.1 Å². The second kappa shape index (κ2) is 10.2. The maximum atomic E-state index is 12.2. The van der Waals surface area contributed by atoms with Gasteiger partial charge in [-0.25, -0.2) is 13.1 Å². The number of rotatable bonds is 6. The fourth-order valence-corrected chi connectivity index (χ4v) is 4.51. The summed E-state index contributed by atoms with van der Waals surface area (Å²) >= 11 is 5.24. The molecule has 1 amide bonds. The summed E-state index contributed by atoms with van der Waals surface area (Å²) in [4.78, 5) is 12.1. The van der Waals surface area contributed by atoms with Crippen LogP contribution < -0.4 is 20.9 Å². The Hall–Kier alpha value is -1.71. The molecule has 1 aliphatic carbocycles. The number of benzene rings is 1. The lowest BCUT2D eigenvalue weighted by Gasteiger charge is -2.35. The minimum Gasteiger partial charge on any atom is -0.358 e. The molecule has 4 N–H and O–H groups in total. The molecule has 9 heteroatoms. The van der Waals surface area contributed by atoms with Crippen LogP contribution in [0.25, 0.3) is 0 Å². The van der Waals surface area contributed by atoms with Gasteiger partial charge in [-0.05, 0) is 49.5 Å². The van der Waals surface area contributed by atoms with Crippen molar-refractivity contribution >= 4 is 33.3 Å². The number of hydrogen-bond donors (Lipinski definition) is 4. The molecule has 0 aromatic heterocycles. The van der Waals surface area contributed by atoms with Gasteiger partial charge in [0.1, 0.15) is 0 Å². The van der Waals surface area contributed by atoms with Gasteiger partial charge >= 0.3 is 0 Å². The van der Waals surface area contributed by atoms with E-state index in [0.29, 0.717) is 23.0 Å². The molecule has 1 saturated carbocycles. The molecule has 0 spiro atoms. The summed E-state index contributed by atoms with van der Waals surface area (Å²) in [5.74, 6) is 0.811. The fraction of sp³-hybridized carbons (Fsp3) is 0.579. The summed E-state index contributed by atoms with van der Waals surface area (Å²) in [6.07, 6.45) is 3.45. The van der Waals surface area contributed by atoms with Gasteiger partial charge in [0, 0.05) is 19.0 Å². The maximum Gasteiger partial charge on any atom is 0.240 e. The SMILES string of the molecule is Cc1ccc(S(=O)(=O)NCCC(=O)NNC(=S)N[C@@H]2CCC[C@H](C)[C@@H]2C)cc1. The highest BCUT2D eigenvalue weighted by Crippen LogP contribution is 2.29. The first kappa shape index (κ1) is 22.6. The van der Waals surface area contributed by atoms with Crippen LogP contribution in [-0.4, -0.2) is 32.0 Å². The Labute approximate surface area is 173 Å². The van der Waals surface area contributed by atoms with Gasteiger partial charge in [0.15, 0.2) is 5.11 Å². The quantitative estimate of drug-likeness (QED) is 0.410. The number of carbonyl (C=O) groups is 1. The van der Waals surface area contributed by atoms with E-state index in [-0.39, 0.29) is 23.8 Å². The van der Waals surface area contributed by atoms with Crippen LogP contribution >= 0.6 is 12.2 Å². The van der Waals surface area contributed by atoms with Gasteiger partial charge in [0.2, 0.25) is 15.9 Å². The van der Waals surface area contributed by atoms with Crippen molar-refractivity contribution in [2.24, 2.45) is 11.8 Å². The van der Waals surface area contributed by atoms with Crippen molar-refractivity contribution in [2.45, 2.75) is 57.4 Å². The molecule has 0 bridgehead atoms. The van der Waals surface area contributed by atoms with Crippen LogP contribution in [0.3, 0.4) is 0 Å². The second-order valence-electron chi connectivity index (χ2n) is 7.48. The molecule has 0 aliphatic heterocycles. The average molecular weight is 427 g/mol. The van der Waals surface area contributed by atoms with E-state index in [2.05, 4.69) is 34.7 Å². The highest BCUT2D eigenvalue weighted by Gasteiger charge is 2.27. The zero-order chi connectivity index (χ0) is 20.7. The van der Waals surface area contributed by atoms with E-state index in [9.17, 15) is 13.2 Å². The zero-order valence-corrected chi connectivity index (χ0v) is 18.3. The summed E-state index contributed by atoms with van der Waals surface area (Å²) in [6.45, 7) is 6.34. The van der Waals surface area contributed by atoms with E-state index in [4.69, 9.17) is 12.2 Å². The van der Waals surface area contributed by atoms with Crippen molar-refractivity contribution < 1.29 is 13.2 Å². The minimum absolute atomic E-state index is 0.00108. The topological polar surface area (TPSA) is 99.3 Å². The highest BCUT2D eigenvalue weighted by atomic mass is 32.2. The van der Waals surface area contributed by atoms with Crippen molar-refractivity contribution in [3.8, 4) is 0 Å². The Morgan fingerprint density at radius 1 is 1.14 bits per heavy atom. The van der Waals surface area contributed by atoms with Crippen LogP contribution in [0.4, 0.5) is 0 Å². The number of nitrogens with one attached hydrogen (secondary N) is 4. The third kappa shape index (κ3) is 6.72. The van der Waals surface area contributed by atoms with Gasteiger partial charge in [-0.3, -0.25) is 15.6 Å². The molecule has 1 fully saturated rings. The first-order valence-electron chi connectivity index (χ1n) is 9.60. The average Bonchev–Trinajstić information content (AvgIpc) is 2.64.